The van der Waals surface area contributed by atoms with Gasteiger partial charge in [-0.2, -0.15) is 0 Å². The Bertz CT molecular complexity index is 391. The molecule has 0 radical (unpaired) electrons. The summed E-state index contributed by atoms with van der Waals surface area (Å²) in [6.45, 7) is 1.01. The van der Waals surface area contributed by atoms with Gasteiger partial charge in [0.15, 0.2) is 0 Å². The molecule has 17 heavy (non-hydrogen) atoms. The van der Waals surface area contributed by atoms with E-state index in [-0.39, 0.29) is 11.9 Å². The molecule has 0 saturated carbocycles. The molecule has 1 amide bonds. The zero-order chi connectivity index (χ0) is 12.3. The predicted molar refractivity (Wildman–Crippen MR) is 73.0 cm³/mol. The number of nitrogens with one attached hydrogen (secondary N) is 1. The highest BCUT2D eigenvalue weighted by Gasteiger charge is 2.25. The number of nitrogens with zero attached hydrogens (tertiary/aromatic N) is 1. The second-order valence-electron chi connectivity index (χ2n) is 4.49. The highest BCUT2D eigenvalue weighted by molar-refractivity contribution is 9.10. The lowest BCUT2D eigenvalue weighted by atomic mass is 10.0. The van der Waals surface area contributed by atoms with Crippen LogP contribution in [0, 0.1) is 0 Å². The lowest BCUT2D eigenvalue weighted by Crippen LogP contribution is -2.44. The molecule has 1 unspecified atom stereocenters. The molecule has 0 spiro atoms. The number of rotatable bonds is 2. The predicted octanol–water partition coefficient (Wildman–Crippen LogP) is 2.87. The minimum Gasteiger partial charge on any atom is -0.325 e. The van der Waals surface area contributed by atoms with Crippen molar-refractivity contribution in [3.05, 3.63) is 28.7 Å². The van der Waals surface area contributed by atoms with Crippen LogP contribution in [0.4, 0.5) is 5.69 Å². The maximum absolute atomic E-state index is 12.1. The monoisotopic (exact) mass is 296 g/mol. The topological polar surface area (TPSA) is 32.3 Å². The Morgan fingerprint density at radius 1 is 1.35 bits per heavy atom. The Hall–Kier alpha value is -0.870. The van der Waals surface area contributed by atoms with Crippen LogP contribution in [0.3, 0.4) is 0 Å². The molecule has 2 rings (SSSR count). The number of likely N-dealkylation sites (N-methyl/N-ethyl adjacent to an activating group) is 1. The number of piperidine rings is 1. The summed E-state index contributed by atoms with van der Waals surface area (Å²) < 4.78 is 1.02. The molecule has 0 aliphatic carbocycles. The molecule has 1 aromatic carbocycles. The van der Waals surface area contributed by atoms with Crippen molar-refractivity contribution in [2.45, 2.75) is 25.3 Å². The summed E-state index contributed by atoms with van der Waals surface area (Å²) in [4.78, 5) is 14.2. The highest BCUT2D eigenvalue weighted by Crippen LogP contribution is 2.18. The van der Waals surface area contributed by atoms with E-state index < -0.39 is 0 Å². The number of likely N-dealkylation sites (tertiary alicyclic amines) is 1. The van der Waals surface area contributed by atoms with Crippen molar-refractivity contribution < 1.29 is 4.79 Å². The van der Waals surface area contributed by atoms with Crippen LogP contribution in [0.1, 0.15) is 19.3 Å². The number of carbonyl (C=O) groups is 1. The molecule has 0 bridgehead atoms. The van der Waals surface area contributed by atoms with Crippen LogP contribution < -0.4 is 5.32 Å². The molecule has 1 aliphatic rings. The SMILES string of the molecule is CN1CCCCC1C(=O)Nc1ccc(Br)cc1. The summed E-state index contributed by atoms with van der Waals surface area (Å²) in [5.41, 5.74) is 0.858. The average Bonchev–Trinajstić information content (AvgIpc) is 2.32. The first kappa shape index (κ1) is 12.6. The second-order valence-corrected chi connectivity index (χ2v) is 5.40. The summed E-state index contributed by atoms with van der Waals surface area (Å²) in [6.07, 6.45) is 3.29. The molecule has 1 heterocycles. The number of amides is 1. The largest absolute Gasteiger partial charge is 0.325 e. The van der Waals surface area contributed by atoms with Crippen LogP contribution in [0.5, 0.6) is 0 Å². The molecule has 1 aromatic rings. The fourth-order valence-corrected chi connectivity index (χ4v) is 2.43. The van der Waals surface area contributed by atoms with E-state index in [1.807, 2.05) is 31.3 Å². The number of carbonyl (C=O) groups excluding carboxylic acids is 1. The van der Waals surface area contributed by atoms with Gasteiger partial charge in [0.1, 0.15) is 0 Å². The molecule has 4 heteroatoms. The van der Waals surface area contributed by atoms with Gasteiger partial charge in [0.05, 0.1) is 6.04 Å². The smallest absolute Gasteiger partial charge is 0.241 e. The number of anilines is 1. The molecular formula is C13H17BrN2O. The molecule has 3 nitrogen and oxygen atoms in total. The van der Waals surface area contributed by atoms with E-state index in [1.165, 1.54) is 6.42 Å². The van der Waals surface area contributed by atoms with Crippen molar-refractivity contribution in [2.24, 2.45) is 0 Å². The Labute approximate surface area is 110 Å². The molecule has 0 aromatic heterocycles. The fraction of sp³-hybridized carbons (Fsp3) is 0.462. The second kappa shape index (κ2) is 5.65. The summed E-state index contributed by atoms with van der Waals surface area (Å²) in [5, 5.41) is 2.97. The van der Waals surface area contributed by atoms with Gasteiger partial charge in [0, 0.05) is 10.2 Å². The maximum atomic E-state index is 12.1. The minimum atomic E-state index is 0.0207. The van der Waals surface area contributed by atoms with Gasteiger partial charge < -0.3 is 5.32 Å². The minimum absolute atomic E-state index is 0.0207. The lowest BCUT2D eigenvalue weighted by Gasteiger charge is -2.31. The molecule has 1 atom stereocenters. The summed E-state index contributed by atoms with van der Waals surface area (Å²) in [6, 6.07) is 7.70. The Kier molecular flexibility index (Phi) is 4.18. The zero-order valence-electron chi connectivity index (χ0n) is 9.95. The molecule has 1 saturated heterocycles. The fourth-order valence-electron chi connectivity index (χ4n) is 2.17. The molecule has 92 valence electrons. The molecule has 1 N–H and O–H groups in total. The quantitative estimate of drug-likeness (QED) is 0.910. The maximum Gasteiger partial charge on any atom is 0.241 e. The summed E-state index contributed by atoms with van der Waals surface area (Å²) >= 11 is 3.38. The van der Waals surface area contributed by atoms with Crippen molar-refractivity contribution in [3.8, 4) is 0 Å². The van der Waals surface area contributed by atoms with Gasteiger partial charge in [0.2, 0.25) is 5.91 Å². The van der Waals surface area contributed by atoms with Gasteiger partial charge in [-0.05, 0) is 50.7 Å². The third-order valence-corrected chi connectivity index (χ3v) is 3.71. The van der Waals surface area contributed by atoms with Crippen molar-refractivity contribution in [1.29, 1.82) is 0 Å². The Morgan fingerprint density at radius 3 is 2.71 bits per heavy atom. The first-order valence-corrected chi connectivity index (χ1v) is 6.73. The van der Waals surface area contributed by atoms with Crippen LogP contribution in [0.25, 0.3) is 0 Å². The third-order valence-electron chi connectivity index (χ3n) is 3.18. The van der Waals surface area contributed by atoms with E-state index in [0.717, 1.165) is 29.5 Å². The first-order valence-electron chi connectivity index (χ1n) is 5.93. The number of halogens is 1. The van der Waals surface area contributed by atoms with Gasteiger partial charge in [-0.1, -0.05) is 22.4 Å². The van der Waals surface area contributed by atoms with E-state index >= 15 is 0 Å². The van der Waals surface area contributed by atoms with Crippen LogP contribution in [-0.4, -0.2) is 30.4 Å². The normalized spacial score (nSPS) is 21.2. The van der Waals surface area contributed by atoms with Crippen LogP contribution >= 0.6 is 15.9 Å². The number of hydrogen-bond acceptors (Lipinski definition) is 2. The molecular weight excluding hydrogens is 280 g/mol. The summed E-state index contributed by atoms with van der Waals surface area (Å²) in [5.74, 6) is 0.106. The van der Waals surface area contributed by atoms with Gasteiger partial charge in [-0.15, -0.1) is 0 Å². The van der Waals surface area contributed by atoms with Crippen LogP contribution in [0.2, 0.25) is 0 Å². The van der Waals surface area contributed by atoms with E-state index in [0.29, 0.717) is 0 Å². The average molecular weight is 297 g/mol. The van der Waals surface area contributed by atoms with Crippen LogP contribution in [0.15, 0.2) is 28.7 Å². The van der Waals surface area contributed by atoms with Gasteiger partial charge in [-0.3, -0.25) is 9.69 Å². The Balaban J connectivity index is 1.98. The van der Waals surface area contributed by atoms with E-state index in [2.05, 4.69) is 26.1 Å². The lowest BCUT2D eigenvalue weighted by molar-refractivity contribution is -0.121. The molecule has 1 fully saturated rings. The van der Waals surface area contributed by atoms with Crippen molar-refractivity contribution in [3.63, 3.8) is 0 Å². The standard InChI is InChI=1S/C13H17BrN2O/c1-16-9-3-2-4-12(16)13(17)15-11-7-5-10(14)6-8-11/h5-8,12H,2-4,9H2,1H3,(H,15,17). The third kappa shape index (κ3) is 3.30. The van der Waals surface area contributed by atoms with Crippen molar-refractivity contribution >= 4 is 27.5 Å². The van der Waals surface area contributed by atoms with Crippen molar-refractivity contribution in [1.82, 2.24) is 4.90 Å². The van der Waals surface area contributed by atoms with Gasteiger partial charge >= 0.3 is 0 Å². The number of hydrogen-bond donors (Lipinski definition) is 1. The van der Waals surface area contributed by atoms with Crippen molar-refractivity contribution in [2.75, 3.05) is 18.9 Å². The van der Waals surface area contributed by atoms with E-state index in [1.54, 1.807) is 0 Å². The van der Waals surface area contributed by atoms with Gasteiger partial charge in [0.25, 0.3) is 0 Å². The van der Waals surface area contributed by atoms with E-state index in [4.69, 9.17) is 0 Å². The number of benzene rings is 1. The van der Waals surface area contributed by atoms with Crippen LogP contribution in [-0.2, 0) is 4.79 Å². The Morgan fingerprint density at radius 2 is 2.06 bits per heavy atom. The zero-order valence-corrected chi connectivity index (χ0v) is 11.5. The summed E-state index contributed by atoms with van der Waals surface area (Å²) in [7, 11) is 2.02. The van der Waals surface area contributed by atoms with Gasteiger partial charge in [-0.25, -0.2) is 0 Å². The highest BCUT2D eigenvalue weighted by atomic mass is 79.9. The van der Waals surface area contributed by atoms with E-state index in [9.17, 15) is 4.79 Å². The molecule has 1 aliphatic heterocycles. The first-order chi connectivity index (χ1) is 8.16.